The van der Waals surface area contributed by atoms with Gasteiger partial charge in [-0.05, 0) is 30.3 Å². The Morgan fingerprint density at radius 1 is 1.44 bits per heavy atom. The molecule has 1 amide bonds. The van der Waals surface area contributed by atoms with E-state index in [9.17, 15) is 4.79 Å². The number of nitrogens with two attached hydrogens (primary N) is 1. The number of carbonyl (C=O) groups excluding carboxylic acids is 1. The summed E-state index contributed by atoms with van der Waals surface area (Å²) in [5.74, 6) is -0.100. The molecule has 0 fully saturated rings. The van der Waals surface area contributed by atoms with Crippen molar-refractivity contribution in [3.63, 3.8) is 0 Å². The van der Waals surface area contributed by atoms with Crippen molar-refractivity contribution >= 4 is 5.91 Å². The van der Waals surface area contributed by atoms with Crippen molar-refractivity contribution < 1.29 is 4.79 Å². The molecule has 5 heteroatoms. The Kier molecular flexibility index (Phi) is 4.09. The Morgan fingerprint density at radius 3 is 3.06 bits per heavy atom. The molecule has 0 aliphatic rings. The van der Waals surface area contributed by atoms with Gasteiger partial charge in [0, 0.05) is 42.8 Å². The minimum Gasteiger partial charge on any atom is -0.367 e. The summed E-state index contributed by atoms with van der Waals surface area (Å²) < 4.78 is 0. The van der Waals surface area contributed by atoms with Crippen molar-refractivity contribution in [1.82, 2.24) is 15.3 Å². The fraction of sp³-hybridized carbons (Fsp3) is 0.231. The summed E-state index contributed by atoms with van der Waals surface area (Å²) in [6.45, 7) is 1.04. The lowest BCUT2D eigenvalue weighted by molar-refractivity contribution is 0.0950. The number of carbonyl (C=O) groups is 1. The van der Waals surface area contributed by atoms with Crippen molar-refractivity contribution in [2.24, 2.45) is 5.73 Å². The maximum Gasteiger partial charge on any atom is 0.251 e. The van der Waals surface area contributed by atoms with Crippen LogP contribution in [0.25, 0.3) is 0 Å². The van der Waals surface area contributed by atoms with E-state index in [1.807, 2.05) is 18.5 Å². The summed E-state index contributed by atoms with van der Waals surface area (Å²) in [6, 6.07) is 5.40. The maximum absolute atomic E-state index is 11.9. The van der Waals surface area contributed by atoms with Crippen LogP contribution in [0.15, 0.2) is 36.8 Å². The fourth-order valence-electron chi connectivity index (χ4n) is 1.66. The van der Waals surface area contributed by atoms with Gasteiger partial charge in [-0.1, -0.05) is 0 Å². The molecule has 2 rings (SSSR count). The average molecular weight is 244 g/mol. The van der Waals surface area contributed by atoms with Gasteiger partial charge < -0.3 is 16.0 Å². The Bertz CT molecular complexity index is 507. The number of pyridine rings is 1. The van der Waals surface area contributed by atoms with Crippen molar-refractivity contribution in [2.75, 3.05) is 6.54 Å². The van der Waals surface area contributed by atoms with Gasteiger partial charge in [0.1, 0.15) is 0 Å². The zero-order valence-corrected chi connectivity index (χ0v) is 10.0. The monoisotopic (exact) mass is 244 g/mol. The second-order valence-corrected chi connectivity index (χ2v) is 3.98. The van der Waals surface area contributed by atoms with Gasteiger partial charge in [0.15, 0.2) is 0 Å². The molecule has 94 valence electrons. The highest BCUT2D eigenvalue weighted by Gasteiger charge is 2.06. The number of aromatic amines is 1. The number of hydrogen-bond acceptors (Lipinski definition) is 3. The Morgan fingerprint density at radius 2 is 2.33 bits per heavy atom. The summed E-state index contributed by atoms with van der Waals surface area (Å²) in [5, 5.41) is 2.85. The van der Waals surface area contributed by atoms with Gasteiger partial charge in [-0.3, -0.25) is 9.78 Å². The van der Waals surface area contributed by atoms with E-state index in [-0.39, 0.29) is 5.91 Å². The van der Waals surface area contributed by atoms with Crippen LogP contribution < -0.4 is 11.1 Å². The molecular formula is C13H16N4O. The molecule has 2 aromatic heterocycles. The quantitative estimate of drug-likeness (QED) is 0.728. The molecule has 0 atom stereocenters. The number of nitrogens with one attached hydrogen (secondary N) is 2. The van der Waals surface area contributed by atoms with E-state index in [1.165, 1.54) is 0 Å². The van der Waals surface area contributed by atoms with Crippen molar-refractivity contribution in [3.05, 3.63) is 53.6 Å². The first-order valence-electron chi connectivity index (χ1n) is 5.84. The summed E-state index contributed by atoms with van der Waals surface area (Å²) >= 11 is 0. The van der Waals surface area contributed by atoms with Gasteiger partial charge in [-0.25, -0.2) is 0 Å². The van der Waals surface area contributed by atoms with Crippen LogP contribution >= 0.6 is 0 Å². The highest BCUT2D eigenvalue weighted by atomic mass is 16.1. The number of H-pyrrole nitrogens is 1. The Balaban J connectivity index is 1.97. The molecule has 0 aliphatic carbocycles. The van der Waals surface area contributed by atoms with E-state index >= 15 is 0 Å². The Hall–Kier alpha value is -2.14. The number of nitrogens with zero attached hydrogens (tertiary/aromatic N) is 1. The van der Waals surface area contributed by atoms with E-state index in [0.717, 1.165) is 11.3 Å². The second kappa shape index (κ2) is 5.97. The largest absolute Gasteiger partial charge is 0.367 e. The lowest BCUT2D eigenvalue weighted by Crippen LogP contribution is -2.22. The first kappa shape index (κ1) is 12.3. The van der Waals surface area contributed by atoms with Crippen LogP contribution in [0.5, 0.6) is 0 Å². The summed E-state index contributed by atoms with van der Waals surface area (Å²) in [7, 11) is 0. The third kappa shape index (κ3) is 3.18. The first-order chi connectivity index (χ1) is 8.79. The lowest BCUT2D eigenvalue weighted by atomic mass is 10.2. The Labute approximate surface area is 105 Å². The molecule has 2 aromatic rings. The van der Waals surface area contributed by atoms with E-state index < -0.39 is 0 Å². The van der Waals surface area contributed by atoms with Crippen molar-refractivity contribution in [3.8, 4) is 0 Å². The topological polar surface area (TPSA) is 83.8 Å². The van der Waals surface area contributed by atoms with Gasteiger partial charge in [0.2, 0.25) is 0 Å². The molecule has 0 radical (unpaired) electrons. The summed E-state index contributed by atoms with van der Waals surface area (Å²) in [5.41, 5.74) is 7.96. The predicted molar refractivity (Wildman–Crippen MR) is 69.0 cm³/mol. The molecule has 18 heavy (non-hydrogen) atoms. The van der Waals surface area contributed by atoms with Crippen LogP contribution in [0.2, 0.25) is 0 Å². The van der Waals surface area contributed by atoms with Gasteiger partial charge in [-0.15, -0.1) is 0 Å². The maximum atomic E-state index is 11.9. The number of hydrogen-bond donors (Lipinski definition) is 3. The van der Waals surface area contributed by atoms with E-state index in [4.69, 9.17) is 5.73 Å². The zero-order chi connectivity index (χ0) is 12.8. The van der Waals surface area contributed by atoms with Crippen LogP contribution in [0, 0.1) is 0 Å². The van der Waals surface area contributed by atoms with Gasteiger partial charge in [-0.2, -0.15) is 0 Å². The molecule has 0 bridgehead atoms. The molecular weight excluding hydrogens is 228 g/mol. The van der Waals surface area contributed by atoms with Gasteiger partial charge in [0.05, 0.1) is 0 Å². The molecule has 4 N–H and O–H groups in total. The molecule has 2 heterocycles. The van der Waals surface area contributed by atoms with E-state index in [0.29, 0.717) is 25.1 Å². The van der Waals surface area contributed by atoms with Crippen molar-refractivity contribution in [1.29, 1.82) is 0 Å². The highest BCUT2D eigenvalue weighted by Crippen LogP contribution is 2.03. The van der Waals surface area contributed by atoms with Crippen LogP contribution in [-0.2, 0) is 13.0 Å². The fourth-order valence-corrected chi connectivity index (χ4v) is 1.66. The average Bonchev–Trinajstić information content (AvgIpc) is 2.90. The van der Waals surface area contributed by atoms with Gasteiger partial charge in [0.25, 0.3) is 5.91 Å². The van der Waals surface area contributed by atoms with Crippen LogP contribution in [0.4, 0.5) is 0 Å². The number of amides is 1. The molecule has 0 aromatic carbocycles. The minimum absolute atomic E-state index is 0.100. The number of rotatable bonds is 5. The highest BCUT2D eigenvalue weighted by molar-refractivity contribution is 5.94. The smallest absolute Gasteiger partial charge is 0.251 e. The third-order valence-corrected chi connectivity index (χ3v) is 2.59. The van der Waals surface area contributed by atoms with Crippen LogP contribution in [-0.4, -0.2) is 22.4 Å². The molecule has 0 saturated carbocycles. The van der Waals surface area contributed by atoms with E-state index in [2.05, 4.69) is 15.3 Å². The molecule has 5 nitrogen and oxygen atoms in total. The molecule has 0 unspecified atom stereocenters. The third-order valence-electron chi connectivity index (χ3n) is 2.59. The zero-order valence-electron chi connectivity index (χ0n) is 10.0. The van der Waals surface area contributed by atoms with Crippen LogP contribution in [0.1, 0.15) is 21.6 Å². The van der Waals surface area contributed by atoms with Crippen LogP contribution in [0.3, 0.4) is 0 Å². The molecule has 0 saturated heterocycles. The predicted octanol–water partition coefficient (Wildman–Crippen LogP) is 0.841. The first-order valence-corrected chi connectivity index (χ1v) is 5.84. The van der Waals surface area contributed by atoms with Gasteiger partial charge >= 0.3 is 0 Å². The molecule has 0 aliphatic heterocycles. The minimum atomic E-state index is -0.100. The SMILES string of the molecule is NCCc1cc(C(=O)NCc2cc[nH]c2)ccn1. The number of aromatic nitrogens is 2. The van der Waals surface area contributed by atoms with Crippen molar-refractivity contribution in [2.45, 2.75) is 13.0 Å². The second-order valence-electron chi connectivity index (χ2n) is 3.98. The van der Waals surface area contributed by atoms with E-state index in [1.54, 1.807) is 18.3 Å². The molecule has 0 spiro atoms. The normalized spacial score (nSPS) is 10.3. The summed E-state index contributed by atoms with van der Waals surface area (Å²) in [4.78, 5) is 19.0. The lowest BCUT2D eigenvalue weighted by Gasteiger charge is -2.05. The summed E-state index contributed by atoms with van der Waals surface area (Å²) in [6.07, 6.45) is 6.00. The standard InChI is InChI=1S/C13H16N4O/c14-4-1-12-7-11(3-6-16-12)13(18)17-9-10-2-5-15-8-10/h2-3,5-8,15H,1,4,9,14H2,(H,17,18).